The van der Waals surface area contributed by atoms with Crippen molar-refractivity contribution < 1.29 is 0 Å². The first-order valence-electron chi connectivity index (χ1n) is 6.64. The summed E-state index contributed by atoms with van der Waals surface area (Å²) in [6.45, 7) is 9.21. The lowest BCUT2D eigenvalue weighted by Gasteiger charge is -2.25. The summed E-state index contributed by atoms with van der Waals surface area (Å²) in [6, 6.07) is 2.31. The number of hydrogen-bond donors (Lipinski definition) is 1. The fraction of sp³-hybridized carbons (Fsp3) is 0.923. The molecule has 1 atom stereocenters. The summed E-state index contributed by atoms with van der Waals surface area (Å²) >= 11 is 0. The average Bonchev–Trinajstić information content (AvgIpc) is 2.31. The second kappa shape index (κ2) is 10.5. The van der Waals surface area contributed by atoms with Gasteiger partial charge in [-0.15, -0.1) is 0 Å². The Morgan fingerprint density at radius 1 is 1.12 bits per heavy atom. The number of likely N-dealkylation sites (N-methyl/N-ethyl adjacent to an activating group) is 1. The third-order valence-corrected chi connectivity index (χ3v) is 2.64. The molecule has 17 heavy (non-hydrogen) atoms. The van der Waals surface area contributed by atoms with Crippen LogP contribution in [0.25, 0.3) is 0 Å². The molecule has 4 nitrogen and oxygen atoms in total. The number of nitrogens with one attached hydrogen (secondary N) is 1. The van der Waals surface area contributed by atoms with E-state index in [-0.39, 0.29) is 6.04 Å². The molecular formula is C13H28N4. The highest BCUT2D eigenvalue weighted by atomic mass is 15.2. The minimum atomic E-state index is -0.0383. The fourth-order valence-corrected chi connectivity index (χ4v) is 1.68. The lowest BCUT2D eigenvalue weighted by molar-refractivity contribution is 0.230. The predicted octanol–water partition coefficient (Wildman–Crippen LogP) is 1.15. The van der Waals surface area contributed by atoms with E-state index in [9.17, 15) is 0 Å². The molecule has 0 aromatic heterocycles. The molecule has 100 valence electrons. The van der Waals surface area contributed by atoms with E-state index in [0.717, 1.165) is 45.6 Å². The number of hydrogen-bond acceptors (Lipinski definition) is 4. The van der Waals surface area contributed by atoms with E-state index < -0.39 is 0 Å². The Bertz CT molecular complexity index is 210. The largest absolute Gasteiger partial charge is 0.308 e. The van der Waals surface area contributed by atoms with E-state index in [4.69, 9.17) is 5.26 Å². The van der Waals surface area contributed by atoms with Gasteiger partial charge in [-0.1, -0.05) is 13.8 Å². The normalized spacial score (nSPS) is 13.0. The summed E-state index contributed by atoms with van der Waals surface area (Å²) in [5.41, 5.74) is 0. The van der Waals surface area contributed by atoms with Crippen LogP contribution in [0, 0.1) is 11.3 Å². The lowest BCUT2D eigenvalue weighted by atomic mass is 10.2. The average molecular weight is 240 g/mol. The van der Waals surface area contributed by atoms with Crippen molar-refractivity contribution in [3.05, 3.63) is 0 Å². The Morgan fingerprint density at radius 3 is 2.29 bits per heavy atom. The highest BCUT2D eigenvalue weighted by Gasteiger charge is 2.12. The first-order valence-corrected chi connectivity index (χ1v) is 6.64. The number of rotatable bonds is 10. The maximum Gasteiger partial charge on any atom is 0.108 e. The SMILES string of the molecule is CCCNC(C#N)CN(CCC)CCN(C)C. The van der Waals surface area contributed by atoms with E-state index in [0.29, 0.717) is 0 Å². The zero-order chi connectivity index (χ0) is 13.1. The van der Waals surface area contributed by atoms with Crippen molar-refractivity contribution in [2.75, 3.05) is 46.8 Å². The van der Waals surface area contributed by atoms with E-state index >= 15 is 0 Å². The molecule has 0 aliphatic heterocycles. The molecule has 0 aromatic rings. The Kier molecular flexibility index (Phi) is 10.1. The third kappa shape index (κ3) is 9.11. The summed E-state index contributed by atoms with van der Waals surface area (Å²) < 4.78 is 0. The molecule has 1 N–H and O–H groups in total. The van der Waals surface area contributed by atoms with Crippen LogP contribution in [0.4, 0.5) is 0 Å². The molecule has 0 bridgehead atoms. The van der Waals surface area contributed by atoms with Crippen molar-refractivity contribution in [1.82, 2.24) is 15.1 Å². The van der Waals surface area contributed by atoms with Crippen molar-refractivity contribution in [2.45, 2.75) is 32.7 Å². The molecule has 0 fully saturated rings. The fourth-order valence-electron chi connectivity index (χ4n) is 1.68. The lowest BCUT2D eigenvalue weighted by Crippen LogP contribution is -2.43. The Morgan fingerprint density at radius 2 is 1.82 bits per heavy atom. The molecule has 0 saturated carbocycles. The van der Waals surface area contributed by atoms with Gasteiger partial charge in [0.15, 0.2) is 0 Å². The van der Waals surface area contributed by atoms with E-state index in [2.05, 4.69) is 49.1 Å². The van der Waals surface area contributed by atoms with Gasteiger partial charge in [-0.2, -0.15) is 5.26 Å². The van der Waals surface area contributed by atoms with Gasteiger partial charge < -0.3 is 10.2 Å². The topological polar surface area (TPSA) is 42.3 Å². The van der Waals surface area contributed by atoms with Gasteiger partial charge in [0.2, 0.25) is 0 Å². The maximum atomic E-state index is 9.10. The molecule has 0 heterocycles. The smallest absolute Gasteiger partial charge is 0.108 e. The van der Waals surface area contributed by atoms with Gasteiger partial charge in [0, 0.05) is 19.6 Å². The summed E-state index contributed by atoms with van der Waals surface area (Å²) in [5, 5.41) is 12.4. The minimum absolute atomic E-state index is 0.0383. The van der Waals surface area contributed by atoms with E-state index in [1.165, 1.54) is 0 Å². The molecule has 4 heteroatoms. The summed E-state index contributed by atoms with van der Waals surface area (Å²) in [6.07, 6.45) is 2.21. The van der Waals surface area contributed by atoms with E-state index in [1.807, 2.05) is 0 Å². The molecule has 0 aliphatic carbocycles. The number of nitrogens with zero attached hydrogens (tertiary/aromatic N) is 3. The molecule has 0 aliphatic rings. The summed E-state index contributed by atoms with van der Waals surface area (Å²) in [7, 11) is 4.17. The van der Waals surface area contributed by atoms with Gasteiger partial charge in [-0.25, -0.2) is 0 Å². The third-order valence-electron chi connectivity index (χ3n) is 2.64. The predicted molar refractivity (Wildman–Crippen MR) is 73.0 cm³/mol. The van der Waals surface area contributed by atoms with Crippen LogP contribution in [0.15, 0.2) is 0 Å². The second-order valence-corrected chi connectivity index (χ2v) is 4.74. The number of nitriles is 1. The van der Waals surface area contributed by atoms with Crippen LogP contribution in [0.2, 0.25) is 0 Å². The van der Waals surface area contributed by atoms with Crippen LogP contribution >= 0.6 is 0 Å². The van der Waals surface area contributed by atoms with Crippen LogP contribution in [0.3, 0.4) is 0 Å². The molecule has 0 rings (SSSR count). The quantitative estimate of drug-likeness (QED) is 0.622. The van der Waals surface area contributed by atoms with Gasteiger partial charge in [-0.05, 0) is 40.0 Å². The van der Waals surface area contributed by atoms with Crippen molar-refractivity contribution in [3.63, 3.8) is 0 Å². The van der Waals surface area contributed by atoms with E-state index in [1.54, 1.807) is 0 Å². The minimum Gasteiger partial charge on any atom is -0.308 e. The van der Waals surface area contributed by atoms with Gasteiger partial charge in [0.25, 0.3) is 0 Å². The zero-order valence-electron chi connectivity index (χ0n) is 11.9. The van der Waals surface area contributed by atoms with Crippen molar-refractivity contribution >= 4 is 0 Å². The molecule has 0 radical (unpaired) electrons. The molecule has 0 saturated heterocycles. The molecule has 0 amide bonds. The van der Waals surface area contributed by atoms with Gasteiger partial charge in [0.05, 0.1) is 6.07 Å². The molecular weight excluding hydrogens is 212 g/mol. The monoisotopic (exact) mass is 240 g/mol. The van der Waals surface area contributed by atoms with Crippen LogP contribution in [-0.2, 0) is 0 Å². The zero-order valence-corrected chi connectivity index (χ0v) is 11.9. The molecule has 0 aromatic carbocycles. The van der Waals surface area contributed by atoms with Crippen molar-refractivity contribution in [2.24, 2.45) is 0 Å². The van der Waals surface area contributed by atoms with Gasteiger partial charge >= 0.3 is 0 Å². The maximum absolute atomic E-state index is 9.10. The Hall–Kier alpha value is -0.630. The van der Waals surface area contributed by atoms with Gasteiger partial charge in [-0.3, -0.25) is 4.90 Å². The first kappa shape index (κ1) is 16.4. The molecule has 0 spiro atoms. The van der Waals surface area contributed by atoms with Crippen LogP contribution < -0.4 is 5.32 Å². The standard InChI is InChI=1S/C13H28N4/c1-5-7-15-13(11-14)12-17(8-6-2)10-9-16(3)4/h13,15H,5-10,12H2,1-4H3. The highest BCUT2D eigenvalue weighted by Crippen LogP contribution is 1.96. The highest BCUT2D eigenvalue weighted by molar-refractivity contribution is 4.92. The first-order chi connectivity index (χ1) is 8.13. The summed E-state index contributed by atoms with van der Waals surface area (Å²) in [4.78, 5) is 4.56. The Balaban J connectivity index is 4.06. The van der Waals surface area contributed by atoms with Crippen LogP contribution in [0.5, 0.6) is 0 Å². The van der Waals surface area contributed by atoms with Gasteiger partial charge in [0.1, 0.15) is 6.04 Å². The second-order valence-electron chi connectivity index (χ2n) is 4.74. The van der Waals surface area contributed by atoms with Crippen molar-refractivity contribution in [3.8, 4) is 6.07 Å². The van der Waals surface area contributed by atoms with Crippen LogP contribution in [-0.4, -0.2) is 62.7 Å². The van der Waals surface area contributed by atoms with Crippen LogP contribution in [0.1, 0.15) is 26.7 Å². The van der Waals surface area contributed by atoms with Crippen molar-refractivity contribution in [1.29, 1.82) is 5.26 Å². The summed E-state index contributed by atoms with van der Waals surface area (Å²) in [5.74, 6) is 0. The Labute approximate surface area is 107 Å². The molecule has 1 unspecified atom stereocenters.